The molecule has 0 atom stereocenters. The quantitative estimate of drug-likeness (QED) is 0.552. The molecule has 0 aliphatic heterocycles. The van der Waals surface area contributed by atoms with Gasteiger partial charge in [-0.15, -0.1) is 0 Å². The molecule has 0 bridgehead atoms. The maximum Gasteiger partial charge on any atom is 0.336 e. The molecule has 0 aliphatic carbocycles. The van der Waals surface area contributed by atoms with Crippen LogP contribution in [0.15, 0.2) is 69.9 Å². The monoisotopic (exact) mass is 373 g/mol. The Morgan fingerprint density at radius 2 is 1.86 bits per heavy atom. The van der Waals surface area contributed by atoms with Gasteiger partial charge in [-0.3, -0.25) is 4.79 Å². The van der Waals surface area contributed by atoms with Gasteiger partial charge in [0.15, 0.2) is 0 Å². The summed E-state index contributed by atoms with van der Waals surface area (Å²) >= 11 is 0. The normalized spacial score (nSPS) is 10.9. The lowest BCUT2D eigenvalue weighted by atomic mass is 10.1. The summed E-state index contributed by atoms with van der Waals surface area (Å²) in [5, 5.41) is 8.24. The average molecular weight is 373 g/mol. The molecule has 2 aromatic carbocycles. The van der Waals surface area contributed by atoms with E-state index in [1.807, 2.05) is 48.9 Å². The van der Waals surface area contributed by atoms with Gasteiger partial charge in [0, 0.05) is 28.4 Å². The fraction of sp³-hybridized carbons (Fsp3) is 0.136. The minimum absolute atomic E-state index is 0.129. The van der Waals surface area contributed by atoms with Gasteiger partial charge in [0.1, 0.15) is 5.58 Å². The third kappa shape index (κ3) is 3.44. The zero-order valence-corrected chi connectivity index (χ0v) is 15.6. The van der Waals surface area contributed by atoms with Crippen molar-refractivity contribution in [2.75, 3.05) is 5.32 Å². The fourth-order valence-electron chi connectivity index (χ4n) is 3.27. The molecule has 6 heteroatoms. The van der Waals surface area contributed by atoms with Crippen molar-refractivity contribution in [2.24, 2.45) is 0 Å². The first-order valence-corrected chi connectivity index (χ1v) is 8.95. The van der Waals surface area contributed by atoms with E-state index in [4.69, 9.17) is 4.42 Å². The van der Waals surface area contributed by atoms with Gasteiger partial charge in [0.25, 0.3) is 0 Å². The molecular formula is C22H19N3O3. The van der Waals surface area contributed by atoms with Crippen LogP contribution in [0.2, 0.25) is 0 Å². The lowest BCUT2D eigenvalue weighted by Crippen LogP contribution is -2.15. The molecule has 0 fully saturated rings. The van der Waals surface area contributed by atoms with Crippen LogP contribution < -0.4 is 10.9 Å². The van der Waals surface area contributed by atoms with Crippen molar-refractivity contribution in [3.8, 4) is 5.69 Å². The summed E-state index contributed by atoms with van der Waals surface area (Å²) in [6.07, 6.45) is 0.229. The Morgan fingerprint density at radius 3 is 2.64 bits per heavy atom. The van der Waals surface area contributed by atoms with Crippen LogP contribution in [0.25, 0.3) is 16.7 Å². The topological polar surface area (TPSA) is 77.1 Å². The Hall–Kier alpha value is -3.67. The van der Waals surface area contributed by atoms with Gasteiger partial charge in [-0.1, -0.05) is 18.2 Å². The number of para-hydroxylation sites is 1. The Balaban J connectivity index is 1.55. The van der Waals surface area contributed by atoms with Gasteiger partial charge in [0.05, 0.1) is 17.8 Å². The van der Waals surface area contributed by atoms with Crippen LogP contribution in [0.5, 0.6) is 0 Å². The first-order valence-electron chi connectivity index (χ1n) is 8.95. The molecule has 2 heterocycles. The van der Waals surface area contributed by atoms with Gasteiger partial charge >= 0.3 is 5.63 Å². The third-order valence-corrected chi connectivity index (χ3v) is 4.68. The maximum atomic E-state index is 12.6. The van der Waals surface area contributed by atoms with Gasteiger partial charge in [-0.25, -0.2) is 9.48 Å². The van der Waals surface area contributed by atoms with Crippen LogP contribution in [0, 0.1) is 13.8 Å². The van der Waals surface area contributed by atoms with Gasteiger partial charge < -0.3 is 9.73 Å². The molecule has 0 saturated carbocycles. The lowest BCUT2D eigenvalue weighted by molar-refractivity contribution is -0.115. The fourth-order valence-corrected chi connectivity index (χ4v) is 3.27. The number of rotatable bonds is 4. The number of amides is 1. The van der Waals surface area contributed by atoms with Gasteiger partial charge in [-0.2, -0.15) is 5.10 Å². The highest BCUT2D eigenvalue weighted by atomic mass is 16.4. The number of aryl methyl sites for hydroxylation is 1. The minimum Gasteiger partial charge on any atom is -0.423 e. The summed E-state index contributed by atoms with van der Waals surface area (Å²) in [5.41, 5.74) is 4.39. The first kappa shape index (κ1) is 17.7. The maximum absolute atomic E-state index is 12.6. The van der Waals surface area contributed by atoms with E-state index >= 15 is 0 Å². The number of anilines is 1. The standard InChI is InChI=1S/C22H19N3O3/c1-14-19(15(2)25(24-14)18-6-4-3-5-7-18)13-21(26)23-17-9-10-20-16(12-17)8-11-22(27)28-20/h3-12H,13H2,1-2H3,(H,23,26). The summed E-state index contributed by atoms with van der Waals surface area (Å²) in [5.74, 6) is -0.129. The van der Waals surface area contributed by atoms with Gasteiger partial charge in [-0.05, 0) is 50.2 Å². The molecule has 0 aliphatic rings. The van der Waals surface area contributed by atoms with Crippen LogP contribution in [0.4, 0.5) is 5.69 Å². The van der Waals surface area contributed by atoms with Crippen molar-refractivity contribution in [2.45, 2.75) is 20.3 Å². The smallest absolute Gasteiger partial charge is 0.336 e. The van der Waals surface area contributed by atoms with E-state index in [9.17, 15) is 9.59 Å². The van der Waals surface area contributed by atoms with Crippen molar-refractivity contribution in [3.63, 3.8) is 0 Å². The third-order valence-electron chi connectivity index (χ3n) is 4.68. The highest BCUT2D eigenvalue weighted by Gasteiger charge is 2.16. The minimum atomic E-state index is -0.398. The van der Waals surface area contributed by atoms with Crippen LogP contribution in [-0.4, -0.2) is 15.7 Å². The summed E-state index contributed by atoms with van der Waals surface area (Å²) in [7, 11) is 0. The number of aromatic nitrogens is 2. The van der Waals surface area contributed by atoms with Crippen molar-refractivity contribution in [1.29, 1.82) is 0 Å². The number of carbonyl (C=O) groups excluding carboxylic acids is 1. The molecule has 0 radical (unpaired) electrons. The second-order valence-corrected chi connectivity index (χ2v) is 6.63. The number of carbonyl (C=O) groups is 1. The molecule has 140 valence electrons. The van der Waals surface area contributed by atoms with E-state index in [0.29, 0.717) is 11.3 Å². The second kappa shape index (κ2) is 7.15. The number of benzene rings is 2. The zero-order valence-electron chi connectivity index (χ0n) is 15.6. The largest absolute Gasteiger partial charge is 0.423 e. The molecule has 4 rings (SSSR count). The Labute approximate surface area is 161 Å². The second-order valence-electron chi connectivity index (χ2n) is 6.63. The Bertz CT molecular complexity index is 1220. The number of hydrogen-bond acceptors (Lipinski definition) is 4. The summed E-state index contributed by atoms with van der Waals surface area (Å²) < 4.78 is 6.97. The average Bonchev–Trinajstić information content (AvgIpc) is 2.97. The molecule has 28 heavy (non-hydrogen) atoms. The molecule has 0 spiro atoms. The van der Waals surface area contributed by atoms with E-state index in [0.717, 1.165) is 28.0 Å². The number of nitrogens with one attached hydrogen (secondary N) is 1. The molecule has 0 unspecified atom stereocenters. The van der Waals surface area contributed by atoms with E-state index < -0.39 is 5.63 Å². The SMILES string of the molecule is Cc1nn(-c2ccccc2)c(C)c1CC(=O)Nc1ccc2oc(=O)ccc2c1. The summed E-state index contributed by atoms with van der Waals surface area (Å²) in [6.45, 7) is 3.88. The van der Waals surface area contributed by atoms with Crippen molar-refractivity contribution >= 4 is 22.6 Å². The predicted molar refractivity (Wildman–Crippen MR) is 108 cm³/mol. The molecule has 6 nitrogen and oxygen atoms in total. The molecule has 2 aromatic heterocycles. The number of fused-ring (bicyclic) bond motifs is 1. The molecule has 1 N–H and O–H groups in total. The van der Waals surface area contributed by atoms with Crippen molar-refractivity contribution in [3.05, 3.63) is 88.0 Å². The molecule has 1 amide bonds. The highest BCUT2D eigenvalue weighted by molar-refractivity contribution is 5.94. The molecule has 4 aromatic rings. The molecular weight excluding hydrogens is 354 g/mol. The first-order chi connectivity index (χ1) is 13.5. The Morgan fingerprint density at radius 1 is 1.07 bits per heavy atom. The van der Waals surface area contributed by atoms with E-state index in [1.54, 1.807) is 24.3 Å². The van der Waals surface area contributed by atoms with Crippen LogP contribution in [0.1, 0.15) is 17.0 Å². The van der Waals surface area contributed by atoms with Gasteiger partial charge in [0.2, 0.25) is 5.91 Å². The van der Waals surface area contributed by atoms with E-state index in [2.05, 4.69) is 10.4 Å². The predicted octanol–water partition coefficient (Wildman–Crippen LogP) is 3.78. The zero-order chi connectivity index (χ0) is 19.7. The number of hydrogen-bond donors (Lipinski definition) is 1. The molecule has 0 saturated heterocycles. The van der Waals surface area contributed by atoms with Crippen LogP contribution in [0.3, 0.4) is 0 Å². The van der Waals surface area contributed by atoms with Crippen molar-refractivity contribution < 1.29 is 9.21 Å². The van der Waals surface area contributed by atoms with Crippen LogP contribution in [-0.2, 0) is 11.2 Å². The van der Waals surface area contributed by atoms with Crippen molar-refractivity contribution in [1.82, 2.24) is 9.78 Å². The van der Waals surface area contributed by atoms with Crippen LogP contribution >= 0.6 is 0 Å². The summed E-state index contributed by atoms with van der Waals surface area (Å²) in [4.78, 5) is 23.9. The van der Waals surface area contributed by atoms with E-state index in [-0.39, 0.29) is 12.3 Å². The highest BCUT2D eigenvalue weighted by Crippen LogP contribution is 2.20. The lowest BCUT2D eigenvalue weighted by Gasteiger charge is -2.07. The summed E-state index contributed by atoms with van der Waals surface area (Å²) in [6, 6.07) is 18.1. The number of nitrogens with zero attached hydrogens (tertiary/aromatic N) is 2. The Kier molecular flexibility index (Phi) is 4.53. The van der Waals surface area contributed by atoms with E-state index in [1.165, 1.54) is 6.07 Å².